The predicted molar refractivity (Wildman–Crippen MR) is 68.0 cm³/mol. The van der Waals surface area contributed by atoms with Gasteiger partial charge in [-0.15, -0.1) is 0 Å². The fourth-order valence-electron chi connectivity index (χ4n) is 1.11. The second-order valence-electron chi connectivity index (χ2n) is 3.63. The second kappa shape index (κ2) is 5.93. The van der Waals surface area contributed by atoms with Crippen LogP contribution in [-0.4, -0.2) is 37.4 Å². The molecule has 0 saturated carbocycles. The maximum absolute atomic E-state index is 8.78. The highest BCUT2D eigenvalue weighted by Gasteiger charge is 2.06. The van der Waals surface area contributed by atoms with Crippen LogP contribution in [0.1, 0.15) is 0 Å². The van der Waals surface area contributed by atoms with Crippen molar-refractivity contribution in [2.45, 2.75) is 0 Å². The predicted octanol–water partition coefficient (Wildman–Crippen LogP) is 1.77. The molecule has 1 aromatic carbocycles. The molecule has 0 heterocycles. The van der Waals surface area contributed by atoms with E-state index in [1.807, 2.05) is 24.5 Å². The largest absolute Gasteiger partial charge is 0.491 e. The number of hydrogen-bond donors (Lipinski definition) is 3. The van der Waals surface area contributed by atoms with Crippen LogP contribution in [0.4, 0.5) is 11.4 Å². The highest BCUT2D eigenvalue weighted by molar-refractivity contribution is 9.10. The molecule has 0 aliphatic rings. The Morgan fingerprint density at radius 1 is 1.50 bits per heavy atom. The van der Waals surface area contributed by atoms with E-state index in [1.165, 1.54) is 0 Å². The first-order chi connectivity index (χ1) is 7.54. The van der Waals surface area contributed by atoms with Crippen molar-refractivity contribution >= 4 is 27.3 Å². The van der Waals surface area contributed by atoms with Gasteiger partial charge in [-0.25, -0.2) is 0 Å². The summed E-state index contributed by atoms with van der Waals surface area (Å²) in [5, 5.41) is 8.78. The van der Waals surface area contributed by atoms with Crippen molar-refractivity contribution in [1.82, 2.24) is 4.90 Å². The number of nitrogens with two attached hydrogens (primary N) is 1. The van der Waals surface area contributed by atoms with E-state index in [0.29, 0.717) is 23.7 Å². The molecule has 0 bridgehead atoms. The van der Waals surface area contributed by atoms with Gasteiger partial charge in [0.1, 0.15) is 12.4 Å². The number of ether oxygens (including phenoxy) is 1. The molecule has 0 saturated heterocycles. The Balaban J connectivity index is 2.70. The van der Waals surface area contributed by atoms with Gasteiger partial charge in [0.25, 0.3) is 0 Å². The molecule has 0 fully saturated rings. The second-order valence-corrected chi connectivity index (χ2v) is 4.49. The fourth-order valence-corrected chi connectivity index (χ4v) is 1.57. The lowest BCUT2D eigenvalue weighted by Gasteiger charge is -2.13. The third kappa shape index (κ3) is 3.55. The van der Waals surface area contributed by atoms with Gasteiger partial charge < -0.3 is 15.4 Å². The van der Waals surface area contributed by atoms with Crippen LogP contribution in [0.2, 0.25) is 0 Å². The average molecular weight is 290 g/mol. The van der Waals surface area contributed by atoms with Crippen molar-refractivity contribution in [1.29, 1.82) is 0 Å². The number of likely N-dealkylation sites (N-methyl/N-ethyl adjacent to an activating group) is 1. The van der Waals surface area contributed by atoms with Crippen molar-refractivity contribution in [2.75, 3.05) is 38.5 Å². The van der Waals surface area contributed by atoms with Gasteiger partial charge in [0.05, 0.1) is 15.8 Å². The summed E-state index contributed by atoms with van der Waals surface area (Å²) in [5.41, 5.74) is 8.60. The summed E-state index contributed by atoms with van der Waals surface area (Å²) >= 11 is 3.34. The minimum Gasteiger partial charge on any atom is -0.491 e. The number of nitrogen functional groups attached to an aromatic ring is 1. The molecule has 5 nitrogen and oxygen atoms in total. The van der Waals surface area contributed by atoms with E-state index < -0.39 is 0 Å². The number of benzene rings is 1. The van der Waals surface area contributed by atoms with Crippen LogP contribution in [-0.2, 0) is 0 Å². The molecule has 90 valence electrons. The number of anilines is 2. The molecule has 0 aliphatic carbocycles. The first-order valence-electron chi connectivity index (χ1n) is 4.81. The zero-order valence-corrected chi connectivity index (χ0v) is 10.9. The monoisotopic (exact) mass is 289 g/mol. The summed E-state index contributed by atoms with van der Waals surface area (Å²) < 4.78 is 6.30. The third-order valence-corrected chi connectivity index (χ3v) is 2.64. The molecule has 0 amide bonds. The Morgan fingerprint density at radius 2 is 2.19 bits per heavy atom. The molecule has 1 rings (SSSR count). The lowest BCUT2D eigenvalue weighted by Crippen LogP contribution is -2.19. The van der Waals surface area contributed by atoms with Gasteiger partial charge >= 0.3 is 0 Å². The molecule has 16 heavy (non-hydrogen) atoms. The third-order valence-electron chi connectivity index (χ3n) is 2.02. The maximum atomic E-state index is 8.78. The van der Waals surface area contributed by atoms with Gasteiger partial charge in [-0.05, 0) is 36.1 Å². The van der Waals surface area contributed by atoms with Crippen molar-refractivity contribution in [3.8, 4) is 5.75 Å². The first kappa shape index (κ1) is 13.1. The quantitative estimate of drug-likeness (QED) is 0.569. The summed E-state index contributed by atoms with van der Waals surface area (Å²) in [6, 6.07) is 3.33. The fraction of sp³-hybridized carbons (Fsp3) is 0.400. The summed E-state index contributed by atoms with van der Waals surface area (Å²) in [7, 11) is 3.96. The molecular formula is C10H16BrN3O2. The summed E-state index contributed by atoms with van der Waals surface area (Å²) in [5.74, 6) is 0.665. The minimum absolute atomic E-state index is 0.436. The molecule has 1 aromatic rings. The van der Waals surface area contributed by atoms with Crippen molar-refractivity contribution in [3.63, 3.8) is 0 Å². The lowest BCUT2D eigenvalue weighted by atomic mass is 10.2. The summed E-state index contributed by atoms with van der Waals surface area (Å²) in [6.07, 6.45) is 0. The van der Waals surface area contributed by atoms with Crippen LogP contribution in [0, 0.1) is 0 Å². The zero-order chi connectivity index (χ0) is 12.1. The van der Waals surface area contributed by atoms with Gasteiger partial charge in [0, 0.05) is 12.6 Å². The van der Waals surface area contributed by atoms with E-state index in [1.54, 1.807) is 12.1 Å². The molecule has 0 spiro atoms. The zero-order valence-electron chi connectivity index (χ0n) is 9.33. The van der Waals surface area contributed by atoms with E-state index in [9.17, 15) is 0 Å². The smallest absolute Gasteiger partial charge is 0.135 e. The molecule has 0 aromatic heterocycles. The molecular weight excluding hydrogens is 274 g/mol. The average Bonchev–Trinajstić information content (AvgIpc) is 2.22. The van der Waals surface area contributed by atoms with E-state index in [4.69, 9.17) is 15.7 Å². The van der Waals surface area contributed by atoms with Crippen LogP contribution in [0.25, 0.3) is 0 Å². The molecule has 0 unspecified atom stereocenters. The number of halogens is 1. The standard InChI is InChI=1S/C10H16BrN3O2/c1-14(2)3-4-16-10-6-8(12)9(13-15)5-7(10)11/h5-6,13,15H,3-4,12H2,1-2H3. The van der Waals surface area contributed by atoms with Gasteiger partial charge in [0.15, 0.2) is 0 Å². The van der Waals surface area contributed by atoms with Crippen LogP contribution < -0.4 is 16.0 Å². The SMILES string of the molecule is CN(C)CCOc1cc(N)c(NO)cc1Br. The first-order valence-corrected chi connectivity index (χ1v) is 5.60. The number of rotatable bonds is 5. The number of nitrogens with zero attached hydrogens (tertiary/aromatic N) is 1. The lowest BCUT2D eigenvalue weighted by molar-refractivity contribution is 0.260. The van der Waals surface area contributed by atoms with Crippen LogP contribution >= 0.6 is 15.9 Å². The van der Waals surface area contributed by atoms with E-state index in [2.05, 4.69) is 15.9 Å². The Bertz CT molecular complexity index is 358. The van der Waals surface area contributed by atoms with Crippen molar-refractivity contribution in [2.24, 2.45) is 0 Å². The van der Waals surface area contributed by atoms with Gasteiger partial charge in [0.2, 0.25) is 0 Å². The Morgan fingerprint density at radius 3 is 2.75 bits per heavy atom. The maximum Gasteiger partial charge on any atom is 0.135 e. The Kier molecular flexibility index (Phi) is 4.85. The van der Waals surface area contributed by atoms with Crippen LogP contribution in [0.15, 0.2) is 16.6 Å². The highest BCUT2D eigenvalue weighted by Crippen LogP contribution is 2.32. The van der Waals surface area contributed by atoms with Crippen LogP contribution in [0.3, 0.4) is 0 Å². The van der Waals surface area contributed by atoms with Crippen molar-refractivity contribution in [3.05, 3.63) is 16.6 Å². The Labute approximate surface area is 103 Å². The van der Waals surface area contributed by atoms with Crippen LogP contribution in [0.5, 0.6) is 5.75 Å². The summed E-state index contributed by atoms with van der Waals surface area (Å²) in [6.45, 7) is 1.41. The minimum atomic E-state index is 0.436. The van der Waals surface area contributed by atoms with E-state index in [-0.39, 0.29) is 0 Å². The molecule has 6 heteroatoms. The normalized spacial score (nSPS) is 10.6. The van der Waals surface area contributed by atoms with Crippen molar-refractivity contribution < 1.29 is 9.94 Å². The topological polar surface area (TPSA) is 70.8 Å². The molecule has 0 aliphatic heterocycles. The molecule has 0 radical (unpaired) electrons. The number of nitrogens with one attached hydrogen (secondary N) is 1. The Hall–Kier alpha value is -0.980. The number of hydrogen-bond acceptors (Lipinski definition) is 5. The van der Waals surface area contributed by atoms with E-state index >= 15 is 0 Å². The molecule has 0 atom stereocenters. The molecule has 4 N–H and O–H groups in total. The highest BCUT2D eigenvalue weighted by atomic mass is 79.9. The van der Waals surface area contributed by atoms with Gasteiger partial charge in [-0.2, -0.15) is 0 Å². The van der Waals surface area contributed by atoms with E-state index in [0.717, 1.165) is 11.0 Å². The van der Waals surface area contributed by atoms with Gasteiger partial charge in [-0.1, -0.05) is 0 Å². The van der Waals surface area contributed by atoms with Gasteiger partial charge in [-0.3, -0.25) is 10.7 Å². The summed E-state index contributed by atoms with van der Waals surface area (Å²) in [4.78, 5) is 2.03.